The van der Waals surface area contributed by atoms with E-state index in [1.165, 1.54) is 14.2 Å². The average Bonchev–Trinajstić information content (AvgIpc) is 2.57. The van der Waals surface area contributed by atoms with E-state index in [1.807, 2.05) is 0 Å². The maximum Gasteiger partial charge on any atom is 0.238 e. The summed E-state index contributed by atoms with van der Waals surface area (Å²) in [7, 11) is -1.16. The molecule has 2 aromatic carbocycles. The maximum absolute atomic E-state index is 13.7. The fraction of sp³-hybridized carbons (Fsp3) is 0.250. The van der Waals surface area contributed by atoms with Crippen molar-refractivity contribution in [2.45, 2.75) is 0 Å². The molecular weight excluding hydrogens is 340 g/mol. The van der Waals surface area contributed by atoms with E-state index in [9.17, 15) is 17.2 Å². The molecule has 0 bridgehead atoms. The molecular formula is C16H17F2NO4S. The van der Waals surface area contributed by atoms with Crippen molar-refractivity contribution in [3.05, 3.63) is 54.1 Å². The van der Waals surface area contributed by atoms with Gasteiger partial charge in [-0.25, -0.2) is 17.2 Å². The van der Waals surface area contributed by atoms with E-state index in [0.29, 0.717) is 15.8 Å². The summed E-state index contributed by atoms with van der Waals surface area (Å²) in [5.41, 5.74) is -0.348. The summed E-state index contributed by atoms with van der Waals surface area (Å²) in [6.07, 6.45) is 0. The third-order valence-electron chi connectivity index (χ3n) is 3.33. The van der Waals surface area contributed by atoms with Gasteiger partial charge in [-0.05, 0) is 36.4 Å². The van der Waals surface area contributed by atoms with Gasteiger partial charge in [0.05, 0.1) is 12.8 Å². The van der Waals surface area contributed by atoms with Crippen molar-refractivity contribution in [1.29, 1.82) is 0 Å². The molecule has 5 nitrogen and oxygen atoms in total. The largest absolute Gasteiger partial charge is 0.497 e. The standard InChI is InChI=1S/C16H17F2NO4S/c1-19(16-11-12(17)3-8-15(16)18)24(20,21)10-9-23-14-6-4-13(22-2)5-7-14/h3-8,11H,9-10H2,1-2H3. The first-order valence-corrected chi connectivity index (χ1v) is 8.63. The van der Waals surface area contributed by atoms with Gasteiger partial charge >= 0.3 is 0 Å². The Hall–Kier alpha value is -2.35. The molecule has 130 valence electrons. The van der Waals surface area contributed by atoms with Crippen LogP contribution in [0.2, 0.25) is 0 Å². The normalized spacial score (nSPS) is 11.2. The highest BCUT2D eigenvalue weighted by atomic mass is 32.2. The minimum atomic E-state index is -3.86. The number of nitrogens with zero attached hydrogens (tertiary/aromatic N) is 1. The Kier molecular flexibility index (Phi) is 5.61. The van der Waals surface area contributed by atoms with Gasteiger partial charge in [0, 0.05) is 13.1 Å². The Morgan fingerprint density at radius 1 is 1.04 bits per heavy atom. The topological polar surface area (TPSA) is 55.8 Å². The van der Waals surface area contributed by atoms with E-state index in [0.717, 1.165) is 18.2 Å². The molecule has 0 N–H and O–H groups in total. The zero-order valence-corrected chi connectivity index (χ0v) is 14.0. The number of methoxy groups -OCH3 is 1. The zero-order chi connectivity index (χ0) is 17.7. The lowest BCUT2D eigenvalue weighted by atomic mass is 10.3. The third kappa shape index (κ3) is 4.35. The molecule has 0 saturated carbocycles. The lowest BCUT2D eigenvalue weighted by Gasteiger charge is -2.20. The Morgan fingerprint density at radius 2 is 1.67 bits per heavy atom. The summed E-state index contributed by atoms with van der Waals surface area (Å²) in [5.74, 6) is -0.797. The summed E-state index contributed by atoms with van der Waals surface area (Å²) in [6, 6.07) is 9.27. The van der Waals surface area contributed by atoms with Gasteiger partial charge in [-0.3, -0.25) is 4.31 Å². The number of halogens is 2. The van der Waals surface area contributed by atoms with Gasteiger partial charge in [0.2, 0.25) is 10.0 Å². The van der Waals surface area contributed by atoms with Crippen LogP contribution in [0.5, 0.6) is 11.5 Å². The predicted octanol–water partition coefficient (Wildman–Crippen LogP) is 2.82. The monoisotopic (exact) mass is 357 g/mol. The fourth-order valence-electron chi connectivity index (χ4n) is 1.95. The molecule has 0 atom stereocenters. The van der Waals surface area contributed by atoms with Crippen LogP contribution in [0.3, 0.4) is 0 Å². The van der Waals surface area contributed by atoms with E-state index in [-0.39, 0.29) is 18.0 Å². The van der Waals surface area contributed by atoms with Crippen LogP contribution in [0.15, 0.2) is 42.5 Å². The maximum atomic E-state index is 13.7. The second kappa shape index (κ2) is 7.48. The Labute approximate surface area is 139 Å². The molecule has 8 heteroatoms. The van der Waals surface area contributed by atoms with Crippen molar-refractivity contribution in [3.63, 3.8) is 0 Å². The second-order valence-corrected chi connectivity index (χ2v) is 7.02. The number of hydrogen-bond donors (Lipinski definition) is 0. The molecule has 0 aliphatic carbocycles. The highest BCUT2D eigenvalue weighted by Crippen LogP contribution is 2.22. The van der Waals surface area contributed by atoms with Crippen molar-refractivity contribution in [2.24, 2.45) is 0 Å². The first kappa shape index (κ1) is 18.0. The van der Waals surface area contributed by atoms with Crippen LogP contribution in [0.4, 0.5) is 14.5 Å². The van der Waals surface area contributed by atoms with Crippen molar-refractivity contribution in [1.82, 2.24) is 0 Å². The van der Waals surface area contributed by atoms with E-state index in [1.54, 1.807) is 24.3 Å². The fourth-order valence-corrected chi connectivity index (χ4v) is 2.96. The highest BCUT2D eigenvalue weighted by Gasteiger charge is 2.21. The Morgan fingerprint density at radius 3 is 2.29 bits per heavy atom. The zero-order valence-electron chi connectivity index (χ0n) is 13.2. The molecule has 2 aromatic rings. The summed E-state index contributed by atoms with van der Waals surface area (Å²) < 4.78 is 62.4. The van der Waals surface area contributed by atoms with Crippen LogP contribution in [0.25, 0.3) is 0 Å². The van der Waals surface area contributed by atoms with Crippen LogP contribution >= 0.6 is 0 Å². The minimum absolute atomic E-state index is 0.129. The van der Waals surface area contributed by atoms with Gasteiger partial charge in [-0.15, -0.1) is 0 Å². The van der Waals surface area contributed by atoms with Crippen LogP contribution < -0.4 is 13.8 Å². The van der Waals surface area contributed by atoms with E-state index >= 15 is 0 Å². The summed E-state index contributed by atoms with van der Waals surface area (Å²) >= 11 is 0. The SMILES string of the molecule is COc1ccc(OCCS(=O)(=O)N(C)c2cc(F)ccc2F)cc1. The van der Waals surface area contributed by atoms with Crippen LogP contribution in [0.1, 0.15) is 0 Å². The molecule has 0 spiro atoms. The van der Waals surface area contributed by atoms with Crippen LogP contribution in [-0.2, 0) is 10.0 Å². The van der Waals surface area contributed by atoms with Gasteiger partial charge in [0.15, 0.2) is 0 Å². The predicted molar refractivity (Wildman–Crippen MR) is 87.0 cm³/mol. The summed E-state index contributed by atoms with van der Waals surface area (Å²) in [6.45, 7) is -0.129. The number of sulfonamides is 1. The molecule has 0 aliphatic rings. The number of anilines is 1. The minimum Gasteiger partial charge on any atom is -0.497 e. The third-order valence-corrected chi connectivity index (χ3v) is 5.05. The molecule has 2 rings (SSSR count). The summed E-state index contributed by atoms with van der Waals surface area (Å²) in [5, 5.41) is 0. The molecule has 0 unspecified atom stereocenters. The number of hydrogen-bond acceptors (Lipinski definition) is 4. The van der Waals surface area contributed by atoms with Crippen molar-refractivity contribution in [2.75, 3.05) is 30.8 Å². The summed E-state index contributed by atoms with van der Waals surface area (Å²) in [4.78, 5) is 0. The molecule has 0 fully saturated rings. The van der Waals surface area contributed by atoms with Gasteiger partial charge < -0.3 is 9.47 Å². The first-order chi connectivity index (χ1) is 11.3. The average molecular weight is 357 g/mol. The second-order valence-electron chi connectivity index (χ2n) is 4.90. The number of rotatable bonds is 7. The van der Waals surface area contributed by atoms with Gasteiger partial charge in [0.1, 0.15) is 35.5 Å². The number of ether oxygens (including phenoxy) is 2. The van der Waals surface area contributed by atoms with Crippen molar-refractivity contribution in [3.8, 4) is 11.5 Å². The molecule has 24 heavy (non-hydrogen) atoms. The molecule has 0 saturated heterocycles. The molecule has 0 amide bonds. The van der Waals surface area contributed by atoms with E-state index in [2.05, 4.69) is 0 Å². The van der Waals surface area contributed by atoms with E-state index in [4.69, 9.17) is 9.47 Å². The van der Waals surface area contributed by atoms with Gasteiger partial charge in [0.25, 0.3) is 0 Å². The van der Waals surface area contributed by atoms with Gasteiger partial charge in [-0.1, -0.05) is 0 Å². The smallest absolute Gasteiger partial charge is 0.238 e. The first-order valence-electron chi connectivity index (χ1n) is 7.02. The lowest BCUT2D eigenvalue weighted by Crippen LogP contribution is -2.32. The highest BCUT2D eigenvalue weighted by molar-refractivity contribution is 7.92. The van der Waals surface area contributed by atoms with Crippen LogP contribution in [0, 0.1) is 11.6 Å². The molecule has 0 heterocycles. The van der Waals surface area contributed by atoms with Crippen molar-refractivity contribution >= 4 is 15.7 Å². The number of benzene rings is 2. The lowest BCUT2D eigenvalue weighted by molar-refractivity contribution is 0.339. The van der Waals surface area contributed by atoms with E-state index < -0.39 is 21.7 Å². The molecule has 0 radical (unpaired) electrons. The molecule has 0 aliphatic heterocycles. The van der Waals surface area contributed by atoms with Crippen molar-refractivity contribution < 1.29 is 26.7 Å². The quantitative estimate of drug-likeness (QED) is 0.765. The molecule has 0 aromatic heterocycles. The Balaban J connectivity index is 2.00. The van der Waals surface area contributed by atoms with Crippen LogP contribution in [-0.4, -0.2) is 34.9 Å². The Bertz CT molecular complexity index is 794. The van der Waals surface area contributed by atoms with Gasteiger partial charge in [-0.2, -0.15) is 0 Å².